The molecule has 1 aromatic heterocycles. The van der Waals surface area contributed by atoms with Crippen molar-refractivity contribution >= 4 is 33.1 Å². The lowest BCUT2D eigenvalue weighted by molar-refractivity contribution is -0.384. The van der Waals surface area contributed by atoms with E-state index in [0.717, 1.165) is 36.5 Å². The molecule has 0 unspecified atom stereocenters. The van der Waals surface area contributed by atoms with Crippen molar-refractivity contribution in [2.75, 3.05) is 4.72 Å². The monoisotopic (exact) mass is 331 g/mol. The Morgan fingerprint density at radius 1 is 1.29 bits per heavy atom. The van der Waals surface area contributed by atoms with E-state index in [1.165, 1.54) is 0 Å². The van der Waals surface area contributed by atoms with Crippen molar-refractivity contribution < 1.29 is 17.7 Å². The fourth-order valence-corrected chi connectivity index (χ4v) is 2.65. The normalized spacial score (nSPS) is 11.1. The van der Waals surface area contributed by atoms with Gasteiger partial charge in [-0.2, -0.15) is 0 Å². The molecule has 0 atom stereocenters. The molecule has 1 heterocycles. The van der Waals surface area contributed by atoms with Crippen LogP contribution in [0.4, 0.5) is 15.9 Å². The van der Waals surface area contributed by atoms with Crippen molar-refractivity contribution in [1.29, 1.82) is 0 Å². The van der Waals surface area contributed by atoms with E-state index in [2.05, 4.69) is 9.71 Å². The Hall–Kier alpha value is -2.26. The second-order valence-corrected chi connectivity index (χ2v) is 5.93. The number of aromatic nitrogens is 1. The summed E-state index contributed by atoms with van der Waals surface area (Å²) in [7, 11) is -4.10. The van der Waals surface area contributed by atoms with Crippen LogP contribution in [0.5, 0.6) is 0 Å². The maximum atomic E-state index is 12.7. The Kier molecular flexibility index (Phi) is 4.05. The van der Waals surface area contributed by atoms with Crippen molar-refractivity contribution in [3.05, 3.63) is 57.5 Å². The summed E-state index contributed by atoms with van der Waals surface area (Å²) in [5.41, 5.74) is -0.536. The van der Waals surface area contributed by atoms with Crippen LogP contribution in [0.2, 0.25) is 5.02 Å². The number of sulfonamides is 1. The third kappa shape index (κ3) is 3.44. The first-order chi connectivity index (χ1) is 9.79. The van der Waals surface area contributed by atoms with E-state index in [9.17, 15) is 22.9 Å². The van der Waals surface area contributed by atoms with Crippen LogP contribution in [0.15, 0.2) is 41.4 Å². The Balaban J connectivity index is 2.38. The van der Waals surface area contributed by atoms with Gasteiger partial charge in [-0.05, 0) is 24.3 Å². The smallest absolute Gasteiger partial charge is 0.263 e. The molecule has 2 rings (SSSR count). The van der Waals surface area contributed by atoms with E-state index in [0.29, 0.717) is 0 Å². The molecule has 0 aliphatic rings. The van der Waals surface area contributed by atoms with Crippen LogP contribution >= 0.6 is 11.6 Å². The molecule has 0 spiro atoms. The number of nitro groups is 1. The topological polar surface area (TPSA) is 102 Å². The number of nitrogens with zero attached hydrogens (tertiary/aromatic N) is 2. The molecular weight excluding hydrogens is 325 g/mol. The second-order valence-electron chi connectivity index (χ2n) is 3.84. The molecule has 0 amide bonds. The highest BCUT2D eigenvalue weighted by atomic mass is 35.5. The molecule has 0 saturated heterocycles. The van der Waals surface area contributed by atoms with E-state index < -0.39 is 26.5 Å². The van der Waals surface area contributed by atoms with Gasteiger partial charge in [-0.1, -0.05) is 11.6 Å². The summed E-state index contributed by atoms with van der Waals surface area (Å²) >= 11 is 5.61. The van der Waals surface area contributed by atoms with Crippen LogP contribution in [-0.4, -0.2) is 18.3 Å². The van der Waals surface area contributed by atoms with E-state index in [1.807, 2.05) is 0 Å². The molecular formula is C11H7ClFN3O4S. The van der Waals surface area contributed by atoms with Crippen molar-refractivity contribution in [1.82, 2.24) is 4.98 Å². The number of rotatable bonds is 4. The molecule has 10 heteroatoms. The number of halogens is 2. The van der Waals surface area contributed by atoms with Gasteiger partial charge >= 0.3 is 0 Å². The fourth-order valence-electron chi connectivity index (χ4n) is 1.43. The number of hydrogen-bond donors (Lipinski definition) is 1. The first kappa shape index (κ1) is 15.1. The number of benzene rings is 1. The van der Waals surface area contributed by atoms with Gasteiger partial charge in [0.1, 0.15) is 16.7 Å². The van der Waals surface area contributed by atoms with Gasteiger partial charge in [0.25, 0.3) is 15.7 Å². The molecule has 21 heavy (non-hydrogen) atoms. The Labute approximate surface area is 123 Å². The zero-order valence-electron chi connectivity index (χ0n) is 10.2. The molecule has 0 fully saturated rings. The number of hydrogen-bond acceptors (Lipinski definition) is 5. The molecule has 1 aromatic carbocycles. The molecule has 7 nitrogen and oxygen atoms in total. The van der Waals surface area contributed by atoms with E-state index in [-0.39, 0.29) is 15.7 Å². The number of nitro benzene ring substituents is 1. The zero-order valence-corrected chi connectivity index (χ0v) is 11.7. The number of nitrogens with one attached hydrogen (secondary N) is 1. The van der Waals surface area contributed by atoms with Gasteiger partial charge < -0.3 is 0 Å². The average Bonchev–Trinajstić information content (AvgIpc) is 2.41. The Morgan fingerprint density at radius 2 is 2.00 bits per heavy atom. The predicted octanol–water partition coefficient (Wildman–Crippen LogP) is 2.58. The third-order valence-electron chi connectivity index (χ3n) is 2.39. The second kappa shape index (κ2) is 5.62. The Bertz CT molecular complexity index is 796. The zero-order chi connectivity index (χ0) is 15.6. The average molecular weight is 332 g/mol. The van der Waals surface area contributed by atoms with Crippen LogP contribution in [0.3, 0.4) is 0 Å². The van der Waals surface area contributed by atoms with Crippen molar-refractivity contribution in [3.63, 3.8) is 0 Å². The minimum Gasteiger partial charge on any atom is -0.263 e. The van der Waals surface area contributed by atoms with Gasteiger partial charge in [0.2, 0.25) is 0 Å². The van der Waals surface area contributed by atoms with E-state index in [4.69, 9.17) is 11.6 Å². The quantitative estimate of drug-likeness (QED) is 0.685. The van der Waals surface area contributed by atoms with Crippen LogP contribution < -0.4 is 4.72 Å². The van der Waals surface area contributed by atoms with Gasteiger partial charge in [-0.25, -0.2) is 17.8 Å². The van der Waals surface area contributed by atoms with Gasteiger partial charge in [-0.3, -0.25) is 14.8 Å². The molecule has 110 valence electrons. The standard InChI is InChI=1S/C11H7ClFN3O4S/c12-9-3-2-8(5-10(9)16(17)18)21(19,20)15-11-4-1-7(13)6-14-11/h1-6H,(H,14,15). The Morgan fingerprint density at radius 3 is 2.57 bits per heavy atom. The van der Waals surface area contributed by atoms with Crippen molar-refractivity contribution in [3.8, 4) is 0 Å². The van der Waals surface area contributed by atoms with E-state index in [1.54, 1.807) is 0 Å². The lowest BCUT2D eigenvalue weighted by atomic mass is 10.3. The molecule has 0 saturated carbocycles. The SMILES string of the molecule is O=[N+]([O-])c1cc(S(=O)(=O)Nc2ccc(F)cn2)ccc1Cl. The highest BCUT2D eigenvalue weighted by molar-refractivity contribution is 7.92. The van der Waals surface area contributed by atoms with Crippen molar-refractivity contribution in [2.24, 2.45) is 0 Å². The highest BCUT2D eigenvalue weighted by Gasteiger charge is 2.21. The summed E-state index contributed by atoms with van der Waals surface area (Å²) < 4.78 is 38.9. The number of pyridine rings is 1. The van der Waals surface area contributed by atoms with Gasteiger partial charge in [-0.15, -0.1) is 0 Å². The minimum atomic E-state index is -4.10. The first-order valence-corrected chi connectivity index (χ1v) is 7.24. The first-order valence-electron chi connectivity index (χ1n) is 5.38. The summed E-state index contributed by atoms with van der Waals surface area (Å²) in [6.45, 7) is 0. The molecule has 1 N–H and O–H groups in total. The van der Waals surface area contributed by atoms with Crippen LogP contribution in [0.25, 0.3) is 0 Å². The van der Waals surface area contributed by atoms with Gasteiger partial charge in [0.05, 0.1) is 16.0 Å². The number of anilines is 1. The summed E-state index contributed by atoms with van der Waals surface area (Å²) in [6.07, 6.45) is 0.835. The van der Waals surface area contributed by atoms with Crippen LogP contribution in [-0.2, 0) is 10.0 Å². The molecule has 2 aromatic rings. The minimum absolute atomic E-state index is 0.117. The molecule has 0 aliphatic carbocycles. The third-order valence-corrected chi connectivity index (χ3v) is 4.06. The van der Waals surface area contributed by atoms with Crippen LogP contribution in [0.1, 0.15) is 0 Å². The summed E-state index contributed by atoms with van der Waals surface area (Å²) in [5.74, 6) is -0.742. The summed E-state index contributed by atoms with van der Waals surface area (Å²) in [4.78, 5) is 13.1. The lowest BCUT2D eigenvalue weighted by Gasteiger charge is -2.07. The van der Waals surface area contributed by atoms with Gasteiger partial charge in [0, 0.05) is 6.07 Å². The summed E-state index contributed by atoms with van der Waals surface area (Å²) in [6, 6.07) is 5.19. The largest absolute Gasteiger partial charge is 0.289 e. The van der Waals surface area contributed by atoms with Gasteiger partial charge in [0.15, 0.2) is 0 Å². The van der Waals surface area contributed by atoms with Crippen LogP contribution in [0, 0.1) is 15.9 Å². The maximum Gasteiger partial charge on any atom is 0.289 e. The molecule has 0 radical (unpaired) electrons. The fraction of sp³-hybridized carbons (Fsp3) is 0. The lowest BCUT2D eigenvalue weighted by Crippen LogP contribution is -2.14. The highest BCUT2D eigenvalue weighted by Crippen LogP contribution is 2.27. The predicted molar refractivity (Wildman–Crippen MR) is 73.1 cm³/mol. The van der Waals surface area contributed by atoms with E-state index >= 15 is 0 Å². The summed E-state index contributed by atoms with van der Waals surface area (Å²) in [5, 5.41) is 10.6. The van der Waals surface area contributed by atoms with Crippen molar-refractivity contribution in [2.45, 2.75) is 4.90 Å². The molecule has 0 bridgehead atoms. The molecule has 0 aliphatic heterocycles. The maximum absolute atomic E-state index is 12.7.